The Morgan fingerprint density at radius 3 is 2.02 bits per heavy atom. The highest BCUT2D eigenvalue weighted by Crippen LogP contribution is 2.44. The van der Waals surface area contributed by atoms with Crippen LogP contribution in [0.2, 0.25) is 0 Å². The number of aliphatic carboxylic acids is 1. The molecule has 3 aromatic rings. The minimum atomic E-state index is -1.39. The van der Waals surface area contributed by atoms with Gasteiger partial charge in [0.15, 0.2) is 0 Å². The minimum Gasteiger partial charge on any atom is -0.480 e. The van der Waals surface area contributed by atoms with Gasteiger partial charge in [-0.1, -0.05) is 92.7 Å². The second kappa shape index (κ2) is 12.1. The number of nitrogens with one attached hydrogen (secondary N) is 2. The third-order valence-corrected chi connectivity index (χ3v) is 8.30. The maximum Gasteiger partial charge on any atom is 0.407 e. The Balaban J connectivity index is 1.20. The second-order valence-corrected chi connectivity index (χ2v) is 11.3. The fraction of sp³-hybridized carbons (Fsp3) is 0.364. The molecule has 41 heavy (non-hydrogen) atoms. The van der Waals surface area contributed by atoms with E-state index in [0.717, 1.165) is 34.4 Å². The number of carbonyl (C=O) groups excluding carboxylic acids is 2. The van der Waals surface area contributed by atoms with Gasteiger partial charge < -0.3 is 20.5 Å². The zero-order chi connectivity index (χ0) is 29.0. The molecule has 0 bridgehead atoms. The number of hydrogen-bond donors (Lipinski definition) is 3. The van der Waals surface area contributed by atoms with E-state index in [1.807, 2.05) is 80.6 Å². The van der Waals surface area contributed by atoms with Crippen LogP contribution in [0.15, 0.2) is 78.9 Å². The second-order valence-electron chi connectivity index (χ2n) is 11.3. The summed E-state index contributed by atoms with van der Waals surface area (Å²) >= 11 is 0. The van der Waals surface area contributed by atoms with Crippen LogP contribution in [-0.2, 0) is 20.9 Å². The molecule has 0 spiro atoms. The Hall–Kier alpha value is -4.17. The number of piperidine rings is 1. The van der Waals surface area contributed by atoms with E-state index in [4.69, 9.17) is 4.74 Å². The lowest BCUT2D eigenvalue weighted by Crippen LogP contribution is -2.63. The first-order chi connectivity index (χ1) is 19.8. The summed E-state index contributed by atoms with van der Waals surface area (Å²) in [6.45, 7) is 5.54. The van der Waals surface area contributed by atoms with Gasteiger partial charge in [0, 0.05) is 25.6 Å². The number of rotatable bonds is 9. The van der Waals surface area contributed by atoms with Gasteiger partial charge in [-0.2, -0.15) is 0 Å². The normalized spacial score (nSPS) is 16.9. The highest BCUT2D eigenvalue weighted by atomic mass is 16.5. The van der Waals surface area contributed by atoms with E-state index >= 15 is 0 Å². The van der Waals surface area contributed by atoms with Crippen molar-refractivity contribution in [1.82, 2.24) is 15.5 Å². The molecule has 8 heteroatoms. The van der Waals surface area contributed by atoms with Gasteiger partial charge in [0.2, 0.25) is 5.91 Å². The number of carbonyl (C=O) groups is 3. The van der Waals surface area contributed by atoms with Gasteiger partial charge >= 0.3 is 12.1 Å². The molecule has 2 amide bonds. The van der Waals surface area contributed by atoms with E-state index in [1.54, 1.807) is 0 Å². The van der Waals surface area contributed by atoms with Crippen molar-refractivity contribution in [2.24, 2.45) is 5.92 Å². The van der Waals surface area contributed by atoms with Crippen LogP contribution in [0, 0.1) is 5.92 Å². The largest absolute Gasteiger partial charge is 0.480 e. The molecule has 3 aromatic carbocycles. The summed E-state index contributed by atoms with van der Waals surface area (Å²) in [5, 5.41) is 15.6. The SMILES string of the molecule is CC(C)[C@@H](NC(=O)OCC1c2ccccc2-c2ccccc21)C(=O)NC1(C(=O)O)CCN(Cc2ccccc2)CC1. The number of ether oxygens (including phenoxy) is 1. The number of hydrogen-bond acceptors (Lipinski definition) is 5. The van der Waals surface area contributed by atoms with E-state index in [9.17, 15) is 19.5 Å². The average molecular weight is 556 g/mol. The van der Waals surface area contributed by atoms with Gasteiger partial charge in [0.05, 0.1) is 0 Å². The third kappa shape index (κ3) is 6.12. The molecule has 3 N–H and O–H groups in total. The number of benzene rings is 3. The first-order valence-corrected chi connectivity index (χ1v) is 14.2. The molecule has 1 aliphatic carbocycles. The van der Waals surface area contributed by atoms with Gasteiger partial charge in [-0.25, -0.2) is 9.59 Å². The first kappa shape index (κ1) is 28.4. The first-order valence-electron chi connectivity index (χ1n) is 14.2. The lowest BCUT2D eigenvalue weighted by atomic mass is 9.86. The molecule has 8 nitrogen and oxygen atoms in total. The molecule has 1 fully saturated rings. The maximum absolute atomic E-state index is 13.4. The van der Waals surface area contributed by atoms with E-state index in [1.165, 1.54) is 0 Å². The minimum absolute atomic E-state index is 0.101. The van der Waals surface area contributed by atoms with Crippen LogP contribution >= 0.6 is 0 Å². The Labute approximate surface area is 240 Å². The van der Waals surface area contributed by atoms with Crippen LogP contribution < -0.4 is 10.6 Å². The van der Waals surface area contributed by atoms with Gasteiger partial charge in [-0.15, -0.1) is 0 Å². The zero-order valence-electron chi connectivity index (χ0n) is 23.5. The van der Waals surface area contributed by atoms with Crippen LogP contribution in [0.4, 0.5) is 4.79 Å². The number of alkyl carbamates (subject to hydrolysis) is 1. The Morgan fingerprint density at radius 2 is 1.46 bits per heavy atom. The lowest BCUT2D eigenvalue weighted by Gasteiger charge is -2.40. The van der Waals surface area contributed by atoms with Crippen molar-refractivity contribution in [1.29, 1.82) is 0 Å². The number of nitrogens with zero attached hydrogens (tertiary/aromatic N) is 1. The molecule has 1 atom stereocenters. The Kier molecular flexibility index (Phi) is 8.40. The molecule has 1 aliphatic heterocycles. The molecule has 0 radical (unpaired) electrons. The van der Waals surface area contributed by atoms with Crippen LogP contribution in [0.3, 0.4) is 0 Å². The Morgan fingerprint density at radius 1 is 0.902 bits per heavy atom. The van der Waals surface area contributed by atoms with Crippen LogP contribution in [0.25, 0.3) is 11.1 Å². The van der Waals surface area contributed by atoms with Crippen molar-refractivity contribution in [3.63, 3.8) is 0 Å². The van der Waals surface area contributed by atoms with Crippen LogP contribution in [0.1, 0.15) is 49.3 Å². The molecule has 5 rings (SSSR count). The van der Waals surface area contributed by atoms with Crippen molar-refractivity contribution in [2.75, 3.05) is 19.7 Å². The monoisotopic (exact) mass is 555 g/mol. The number of fused-ring (bicyclic) bond motifs is 3. The molecule has 1 saturated heterocycles. The van der Waals surface area contributed by atoms with E-state index in [-0.39, 0.29) is 31.3 Å². The summed E-state index contributed by atoms with van der Waals surface area (Å²) in [7, 11) is 0. The van der Waals surface area contributed by atoms with Crippen LogP contribution in [0.5, 0.6) is 0 Å². The van der Waals surface area contributed by atoms with E-state index in [0.29, 0.717) is 13.1 Å². The standard InChI is InChI=1S/C33H37N3O5/c1-22(2)29(30(37)35-33(31(38)39)16-18-36(19-17-33)20-23-10-4-3-5-11-23)34-32(40)41-21-28-26-14-8-6-12-24(26)25-13-7-9-15-27(25)28/h3-15,22,28-29H,16-21H2,1-2H3,(H,34,40)(H,35,37)(H,38,39)/t29-/m1/s1. The Bertz CT molecular complexity index is 1350. The average Bonchev–Trinajstić information content (AvgIpc) is 3.29. The molecule has 2 aliphatic rings. The van der Waals surface area contributed by atoms with Crippen molar-refractivity contribution >= 4 is 18.0 Å². The molecule has 0 saturated carbocycles. The molecule has 1 heterocycles. The number of carboxylic acid groups (broad SMARTS) is 1. The van der Waals surface area contributed by atoms with Crippen molar-refractivity contribution in [3.8, 4) is 11.1 Å². The highest BCUT2D eigenvalue weighted by molar-refractivity contribution is 5.91. The van der Waals surface area contributed by atoms with E-state index in [2.05, 4.69) is 27.7 Å². The van der Waals surface area contributed by atoms with Gasteiger partial charge in [-0.05, 0) is 46.6 Å². The highest BCUT2D eigenvalue weighted by Gasteiger charge is 2.44. The fourth-order valence-corrected chi connectivity index (χ4v) is 5.94. The molecular formula is C33H37N3O5. The topological polar surface area (TPSA) is 108 Å². The summed E-state index contributed by atoms with van der Waals surface area (Å²) in [6, 6.07) is 25.2. The molecular weight excluding hydrogens is 518 g/mol. The van der Waals surface area contributed by atoms with Crippen molar-refractivity contribution in [3.05, 3.63) is 95.6 Å². The third-order valence-electron chi connectivity index (χ3n) is 8.30. The van der Waals surface area contributed by atoms with Crippen molar-refractivity contribution in [2.45, 2.75) is 50.7 Å². The maximum atomic E-state index is 13.4. The summed E-state index contributed by atoms with van der Waals surface area (Å²) in [6.07, 6.45) is -0.157. The molecule has 214 valence electrons. The zero-order valence-corrected chi connectivity index (χ0v) is 23.5. The quantitative estimate of drug-likeness (QED) is 0.351. The van der Waals surface area contributed by atoms with Gasteiger partial charge in [-0.3, -0.25) is 9.69 Å². The van der Waals surface area contributed by atoms with Crippen molar-refractivity contribution < 1.29 is 24.2 Å². The predicted octanol–water partition coefficient (Wildman–Crippen LogP) is 4.79. The van der Waals surface area contributed by atoms with E-state index < -0.39 is 29.6 Å². The van der Waals surface area contributed by atoms with Gasteiger partial charge in [0.1, 0.15) is 18.2 Å². The smallest absolute Gasteiger partial charge is 0.407 e. The van der Waals surface area contributed by atoms with Gasteiger partial charge in [0.25, 0.3) is 0 Å². The lowest BCUT2D eigenvalue weighted by molar-refractivity contribution is -0.150. The summed E-state index contributed by atoms with van der Waals surface area (Å²) < 4.78 is 5.65. The summed E-state index contributed by atoms with van der Waals surface area (Å²) in [4.78, 5) is 40.9. The molecule has 0 unspecified atom stereocenters. The van der Waals surface area contributed by atoms with Crippen LogP contribution in [-0.4, -0.2) is 59.3 Å². The predicted molar refractivity (Wildman–Crippen MR) is 156 cm³/mol. The molecule has 0 aromatic heterocycles. The number of carboxylic acids is 1. The number of likely N-dealkylation sites (tertiary alicyclic amines) is 1. The summed E-state index contributed by atoms with van der Waals surface area (Å²) in [5.74, 6) is -1.96. The fourth-order valence-electron chi connectivity index (χ4n) is 5.94. The summed E-state index contributed by atoms with van der Waals surface area (Å²) in [5.41, 5.74) is 4.23. The number of amides is 2.